The van der Waals surface area contributed by atoms with E-state index in [1.54, 1.807) is 0 Å². The van der Waals surface area contributed by atoms with Crippen LogP contribution >= 0.6 is 24.4 Å². The van der Waals surface area contributed by atoms with Gasteiger partial charge in [-0.1, -0.05) is 44.5 Å². The number of benzene rings is 1. The quantitative estimate of drug-likeness (QED) is 0.679. The van der Waals surface area contributed by atoms with E-state index in [1.807, 2.05) is 42.8 Å². The van der Waals surface area contributed by atoms with E-state index in [1.165, 1.54) is 0 Å². The predicted molar refractivity (Wildman–Crippen MR) is 97.3 cm³/mol. The Bertz CT molecular complexity index is 576. The van der Waals surface area contributed by atoms with Crippen LogP contribution < -0.4 is 5.14 Å². The zero-order valence-corrected chi connectivity index (χ0v) is 15.1. The molecule has 0 bridgehead atoms. The number of para-hydroxylation sites is 1. The van der Waals surface area contributed by atoms with E-state index in [9.17, 15) is 5.11 Å². The van der Waals surface area contributed by atoms with E-state index < -0.39 is 0 Å². The predicted octanol–water partition coefficient (Wildman–Crippen LogP) is 4.23. The molecule has 3 atom stereocenters. The normalized spacial score (nSPS) is 24.0. The monoisotopic (exact) mass is 343 g/mol. The zero-order chi connectivity index (χ0) is 16.7. The molecule has 1 unspecified atom stereocenters. The Labute approximate surface area is 143 Å². The van der Waals surface area contributed by atoms with Crippen molar-refractivity contribution >= 4 is 35.3 Å². The third-order valence-corrected chi connectivity index (χ3v) is 4.32. The van der Waals surface area contributed by atoms with E-state index in [-0.39, 0.29) is 12.1 Å². The van der Waals surface area contributed by atoms with Crippen molar-refractivity contribution < 1.29 is 5.11 Å². The standard InChI is InChI=1S/C14H17ClN2O.C2H6.H3NS/c1-9-6-7-10(8-13(9)18)17-12-5-3-2-4-11(12)14(15)16-17;2*1-2/h2-5,9-10,13,18H,6-8H2,1H3;1-2H3;2H,1H2/t9-,10+,13?;;/m0../s1. The van der Waals surface area contributed by atoms with Gasteiger partial charge in [-0.15, -0.1) is 12.8 Å². The first-order valence-corrected chi connectivity index (χ1v) is 8.63. The summed E-state index contributed by atoms with van der Waals surface area (Å²) in [5.74, 6) is 0.388. The molecule has 0 radical (unpaired) electrons. The molecule has 3 rings (SSSR count). The van der Waals surface area contributed by atoms with Crippen LogP contribution in [0.3, 0.4) is 0 Å². The van der Waals surface area contributed by atoms with Gasteiger partial charge in [-0.3, -0.25) is 9.82 Å². The van der Waals surface area contributed by atoms with Crippen LogP contribution in [-0.4, -0.2) is 21.0 Å². The number of hydrogen-bond donors (Lipinski definition) is 3. The molecule has 1 aromatic heterocycles. The number of halogens is 1. The Kier molecular flexibility index (Phi) is 8.25. The van der Waals surface area contributed by atoms with Gasteiger partial charge < -0.3 is 5.11 Å². The molecule has 22 heavy (non-hydrogen) atoms. The number of aliphatic hydroxyl groups excluding tert-OH is 1. The van der Waals surface area contributed by atoms with Gasteiger partial charge in [-0.05, 0) is 37.3 Å². The molecule has 4 nitrogen and oxygen atoms in total. The molecular weight excluding hydrogens is 318 g/mol. The zero-order valence-electron chi connectivity index (χ0n) is 13.4. The van der Waals surface area contributed by atoms with Crippen molar-refractivity contribution in [2.24, 2.45) is 11.1 Å². The fraction of sp³-hybridized carbons (Fsp3) is 0.562. The molecule has 1 aromatic carbocycles. The van der Waals surface area contributed by atoms with E-state index in [2.05, 4.69) is 30.0 Å². The number of aliphatic hydroxyl groups is 1. The van der Waals surface area contributed by atoms with Crippen molar-refractivity contribution in [3.8, 4) is 0 Å². The van der Waals surface area contributed by atoms with Crippen LogP contribution in [0.15, 0.2) is 24.3 Å². The van der Waals surface area contributed by atoms with Crippen LogP contribution in [0.4, 0.5) is 0 Å². The molecule has 1 saturated carbocycles. The summed E-state index contributed by atoms with van der Waals surface area (Å²) in [6.45, 7) is 6.11. The largest absolute Gasteiger partial charge is 0.393 e. The summed E-state index contributed by atoms with van der Waals surface area (Å²) in [6, 6.07) is 8.26. The molecule has 0 amide bonds. The number of fused-ring (bicyclic) bond motifs is 1. The lowest BCUT2D eigenvalue weighted by Gasteiger charge is -2.31. The van der Waals surface area contributed by atoms with Gasteiger partial charge in [0.15, 0.2) is 5.15 Å². The van der Waals surface area contributed by atoms with Crippen molar-refractivity contribution in [3.63, 3.8) is 0 Å². The molecule has 0 saturated heterocycles. The van der Waals surface area contributed by atoms with Crippen molar-refractivity contribution in [3.05, 3.63) is 29.4 Å². The van der Waals surface area contributed by atoms with Gasteiger partial charge in [0.05, 0.1) is 17.7 Å². The number of nitrogens with two attached hydrogens (primary N) is 1. The van der Waals surface area contributed by atoms with E-state index in [0.29, 0.717) is 11.1 Å². The second-order valence-corrected chi connectivity index (χ2v) is 5.62. The molecule has 1 heterocycles. The fourth-order valence-corrected chi connectivity index (χ4v) is 3.07. The summed E-state index contributed by atoms with van der Waals surface area (Å²) in [5, 5.41) is 20.2. The lowest BCUT2D eigenvalue weighted by atomic mass is 9.85. The summed E-state index contributed by atoms with van der Waals surface area (Å²) in [5.41, 5.74) is 1.06. The van der Waals surface area contributed by atoms with Gasteiger partial charge in [0.1, 0.15) is 0 Å². The third-order valence-electron chi connectivity index (χ3n) is 4.04. The van der Waals surface area contributed by atoms with Crippen molar-refractivity contribution in [1.29, 1.82) is 0 Å². The first kappa shape index (κ1) is 19.3. The van der Waals surface area contributed by atoms with Crippen LogP contribution in [0, 0.1) is 5.92 Å². The molecule has 1 aliphatic carbocycles. The topological polar surface area (TPSA) is 64.1 Å². The van der Waals surface area contributed by atoms with Gasteiger partial charge in [0, 0.05) is 5.39 Å². The van der Waals surface area contributed by atoms with Crippen molar-refractivity contribution in [1.82, 2.24) is 9.78 Å². The van der Waals surface area contributed by atoms with Crippen molar-refractivity contribution in [2.75, 3.05) is 0 Å². The van der Waals surface area contributed by atoms with Gasteiger partial charge in [-0.25, -0.2) is 0 Å². The highest BCUT2D eigenvalue weighted by atomic mass is 35.5. The van der Waals surface area contributed by atoms with Crippen LogP contribution in [0.5, 0.6) is 0 Å². The smallest absolute Gasteiger partial charge is 0.158 e. The van der Waals surface area contributed by atoms with Crippen LogP contribution in [0.25, 0.3) is 10.9 Å². The summed E-state index contributed by atoms with van der Waals surface area (Å²) in [4.78, 5) is 0. The second-order valence-electron chi connectivity index (χ2n) is 5.26. The Hall–Kier alpha value is -0.750. The maximum Gasteiger partial charge on any atom is 0.158 e. The SMILES string of the molecule is CC.C[C@H]1CC[C@@H](n2nc(Cl)c3ccccc32)CC1O.NS. The van der Waals surface area contributed by atoms with Crippen LogP contribution in [0.1, 0.15) is 46.1 Å². The summed E-state index contributed by atoms with van der Waals surface area (Å²) >= 11 is 9.20. The molecular formula is C16H26ClN3OS. The minimum Gasteiger partial charge on any atom is -0.393 e. The molecule has 1 fully saturated rings. The lowest BCUT2D eigenvalue weighted by Crippen LogP contribution is -2.29. The third kappa shape index (κ3) is 4.16. The van der Waals surface area contributed by atoms with Gasteiger partial charge in [0.25, 0.3) is 0 Å². The molecule has 1 aliphatic rings. The Morgan fingerprint density at radius 1 is 1.27 bits per heavy atom. The number of aromatic nitrogens is 2. The molecule has 6 heteroatoms. The highest BCUT2D eigenvalue weighted by molar-refractivity contribution is 7.77. The maximum atomic E-state index is 10.0. The van der Waals surface area contributed by atoms with Crippen molar-refractivity contribution in [2.45, 2.75) is 52.2 Å². The van der Waals surface area contributed by atoms with E-state index in [4.69, 9.17) is 11.6 Å². The fourth-order valence-electron chi connectivity index (χ4n) is 2.83. The van der Waals surface area contributed by atoms with Gasteiger partial charge in [0.2, 0.25) is 0 Å². The lowest BCUT2D eigenvalue weighted by molar-refractivity contribution is 0.0544. The number of thiol groups is 1. The first-order valence-electron chi connectivity index (χ1n) is 7.73. The van der Waals surface area contributed by atoms with Crippen LogP contribution in [-0.2, 0) is 0 Å². The second kappa shape index (κ2) is 9.40. The molecule has 3 N–H and O–H groups in total. The van der Waals surface area contributed by atoms with Gasteiger partial charge >= 0.3 is 0 Å². The van der Waals surface area contributed by atoms with Crippen LogP contribution in [0.2, 0.25) is 5.15 Å². The highest BCUT2D eigenvalue weighted by Crippen LogP contribution is 2.35. The number of rotatable bonds is 1. The number of nitrogens with zero attached hydrogens (tertiary/aromatic N) is 2. The van der Waals surface area contributed by atoms with Gasteiger partial charge in [-0.2, -0.15) is 5.10 Å². The molecule has 0 aliphatic heterocycles. The summed E-state index contributed by atoms with van der Waals surface area (Å²) in [6.07, 6.45) is 2.63. The minimum atomic E-state index is -0.231. The first-order chi connectivity index (χ1) is 10.7. The highest BCUT2D eigenvalue weighted by Gasteiger charge is 2.28. The Balaban J connectivity index is 0.000000561. The molecule has 0 spiro atoms. The average Bonchev–Trinajstić information content (AvgIpc) is 2.91. The number of hydrogen-bond acceptors (Lipinski definition) is 4. The summed E-state index contributed by atoms with van der Waals surface area (Å²) < 4.78 is 1.99. The summed E-state index contributed by atoms with van der Waals surface area (Å²) in [7, 11) is 0. The molecule has 124 valence electrons. The Morgan fingerprint density at radius 3 is 2.55 bits per heavy atom. The van der Waals surface area contributed by atoms with E-state index in [0.717, 1.165) is 30.2 Å². The Morgan fingerprint density at radius 2 is 1.91 bits per heavy atom. The maximum absolute atomic E-state index is 10.0. The average molecular weight is 344 g/mol. The molecule has 2 aromatic rings. The van der Waals surface area contributed by atoms with E-state index >= 15 is 0 Å². The minimum absolute atomic E-state index is 0.231.